The number of nitrogens with zero attached hydrogens (tertiary/aromatic N) is 1. The van der Waals surface area contributed by atoms with Crippen molar-refractivity contribution in [2.24, 2.45) is 0 Å². The van der Waals surface area contributed by atoms with Gasteiger partial charge in [-0.15, -0.1) is 0 Å². The summed E-state index contributed by atoms with van der Waals surface area (Å²) < 4.78 is 2.46. The molecule has 0 atom stereocenters. The smallest absolute Gasteiger partial charge is 0.0491 e. The van der Waals surface area contributed by atoms with E-state index < -0.39 is 0 Å². The Labute approximate surface area is 280 Å². The van der Waals surface area contributed by atoms with Crippen LogP contribution in [0.1, 0.15) is 51.4 Å². The van der Waals surface area contributed by atoms with Gasteiger partial charge in [-0.25, -0.2) is 0 Å². The van der Waals surface area contributed by atoms with Crippen LogP contribution in [-0.2, 0) is 6.54 Å². The Bertz CT molecular complexity index is 2200. The molecule has 0 unspecified atom stereocenters. The second-order valence-electron chi connectivity index (χ2n) is 13.8. The van der Waals surface area contributed by atoms with Crippen LogP contribution in [0.4, 0.5) is 0 Å². The first-order valence-corrected chi connectivity index (χ1v) is 17.0. The SMILES string of the molecule is CCn1c2ccc(-c3cc(C)c(-c4ccc(C)cc4C)cc3C)cc2c2cc(-c3cc(C)c(-c4ccc(C)cc4C)cc3C)ccc21. The first-order chi connectivity index (χ1) is 22.5. The van der Waals surface area contributed by atoms with Crippen molar-refractivity contribution >= 4 is 21.8 Å². The lowest BCUT2D eigenvalue weighted by atomic mass is 9.89. The van der Waals surface area contributed by atoms with Gasteiger partial charge in [0.2, 0.25) is 0 Å². The first-order valence-electron chi connectivity index (χ1n) is 17.0. The van der Waals surface area contributed by atoms with Crippen LogP contribution in [0, 0.1) is 55.4 Å². The number of aromatic nitrogens is 1. The summed E-state index contributed by atoms with van der Waals surface area (Å²) in [6.07, 6.45) is 0. The minimum absolute atomic E-state index is 0.935. The van der Waals surface area contributed by atoms with Crippen LogP contribution in [0.15, 0.2) is 97.1 Å². The summed E-state index contributed by atoms with van der Waals surface area (Å²) in [4.78, 5) is 0. The molecule has 0 bridgehead atoms. The fraction of sp³-hybridized carbons (Fsp3) is 0.217. The third-order valence-electron chi connectivity index (χ3n) is 10.3. The summed E-state index contributed by atoms with van der Waals surface area (Å²) in [7, 11) is 0. The summed E-state index contributed by atoms with van der Waals surface area (Å²) in [5.74, 6) is 0. The highest BCUT2D eigenvalue weighted by atomic mass is 15.0. The third kappa shape index (κ3) is 5.28. The Morgan fingerprint density at radius 2 is 0.723 bits per heavy atom. The summed E-state index contributed by atoms with van der Waals surface area (Å²) in [6, 6.07) is 37.2. The maximum atomic E-state index is 2.46. The Hall–Kier alpha value is -4.88. The van der Waals surface area contributed by atoms with E-state index >= 15 is 0 Å². The van der Waals surface area contributed by atoms with Crippen LogP contribution >= 0.6 is 0 Å². The van der Waals surface area contributed by atoms with Crippen molar-refractivity contribution in [3.05, 3.63) is 142 Å². The molecule has 47 heavy (non-hydrogen) atoms. The van der Waals surface area contributed by atoms with E-state index in [1.807, 2.05) is 0 Å². The summed E-state index contributed by atoms with van der Waals surface area (Å²) >= 11 is 0. The van der Waals surface area contributed by atoms with Crippen LogP contribution < -0.4 is 0 Å². The molecule has 7 aromatic rings. The molecule has 6 aromatic carbocycles. The Kier molecular flexibility index (Phi) is 7.68. The Morgan fingerprint density at radius 1 is 0.362 bits per heavy atom. The number of benzene rings is 6. The zero-order chi connectivity index (χ0) is 33.1. The molecule has 234 valence electrons. The van der Waals surface area contributed by atoms with Gasteiger partial charge in [0.1, 0.15) is 0 Å². The van der Waals surface area contributed by atoms with Gasteiger partial charge in [0.05, 0.1) is 0 Å². The van der Waals surface area contributed by atoms with Crippen molar-refractivity contribution in [3.63, 3.8) is 0 Å². The van der Waals surface area contributed by atoms with E-state index in [1.54, 1.807) is 0 Å². The number of fused-ring (bicyclic) bond motifs is 3. The summed E-state index contributed by atoms with van der Waals surface area (Å²) in [6.45, 7) is 21.0. The van der Waals surface area contributed by atoms with Gasteiger partial charge < -0.3 is 4.57 Å². The van der Waals surface area contributed by atoms with Gasteiger partial charge in [-0.3, -0.25) is 0 Å². The molecule has 1 nitrogen and oxygen atoms in total. The third-order valence-corrected chi connectivity index (χ3v) is 10.3. The molecular formula is C46H45N. The van der Waals surface area contributed by atoms with Crippen molar-refractivity contribution < 1.29 is 0 Å². The topological polar surface area (TPSA) is 4.93 Å². The summed E-state index contributed by atoms with van der Waals surface area (Å²) in [5, 5.41) is 2.64. The molecular weight excluding hydrogens is 567 g/mol. The summed E-state index contributed by atoms with van der Waals surface area (Å²) in [5.41, 5.74) is 23.5. The molecule has 0 N–H and O–H groups in total. The minimum atomic E-state index is 0.935. The maximum Gasteiger partial charge on any atom is 0.0491 e. The van der Waals surface area contributed by atoms with Gasteiger partial charge in [0.25, 0.3) is 0 Å². The molecule has 0 saturated carbocycles. The zero-order valence-corrected chi connectivity index (χ0v) is 29.4. The average molecular weight is 612 g/mol. The molecule has 0 radical (unpaired) electrons. The molecule has 0 aliphatic carbocycles. The number of aryl methyl sites for hydroxylation is 9. The molecule has 1 aromatic heterocycles. The number of hydrogen-bond donors (Lipinski definition) is 0. The molecule has 1 heterocycles. The van der Waals surface area contributed by atoms with E-state index in [1.165, 1.54) is 111 Å². The van der Waals surface area contributed by atoms with E-state index in [4.69, 9.17) is 0 Å². The fourth-order valence-corrected chi connectivity index (χ4v) is 7.85. The zero-order valence-electron chi connectivity index (χ0n) is 29.4. The molecule has 0 spiro atoms. The highest BCUT2D eigenvalue weighted by Crippen LogP contribution is 2.40. The van der Waals surface area contributed by atoms with Crippen molar-refractivity contribution in [2.45, 2.75) is 68.9 Å². The molecule has 7 rings (SSSR count). The van der Waals surface area contributed by atoms with E-state index in [0.717, 1.165) is 6.54 Å². The lowest BCUT2D eigenvalue weighted by Crippen LogP contribution is -1.94. The Morgan fingerprint density at radius 3 is 1.11 bits per heavy atom. The maximum absolute atomic E-state index is 2.46. The molecule has 0 saturated heterocycles. The van der Waals surface area contributed by atoms with Gasteiger partial charge in [-0.2, -0.15) is 0 Å². The molecule has 0 fully saturated rings. The quantitative estimate of drug-likeness (QED) is 0.182. The van der Waals surface area contributed by atoms with Gasteiger partial charge in [0, 0.05) is 28.4 Å². The van der Waals surface area contributed by atoms with Crippen molar-refractivity contribution in [1.82, 2.24) is 4.57 Å². The predicted molar refractivity (Wildman–Crippen MR) is 205 cm³/mol. The molecule has 0 aliphatic rings. The van der Waals surface area contributed by atoms with Gasteiger partial charge in [-0.1, -0.05) is 83.9 Å². The lowest BCUT2D eigenvalue weighted by Gasteiger charge is -2.15. The highest BCUT2D eigenvalue weighted by molar-refractivity contribution is 6.10. The first kappa shape index (κ1) is 30.8. The second-order valence-corrected chi connectivity index (χ2v) is 13.8. The standard InChI is InChI=1S/C46H45N/c1-10-47-45-17-13-35(39-21-33(8)41(23-31(39)6)37-15-11-27(2)19-29(37)4)25-43(45)44-26-36(14-18-46(44)47)40-22-34(9)42(24-32(40)7)38-16-12-28(3)20-30(38)5/h11-26H,10H2,1-9H3. The van der Waals surface area contributed by atoms with Crippen molar-refractivity contribution in [2.75, 3.05) is 0 Å². The van der Waals surface area contributed by atoms with Gasteiger partial charge >= 0.3 is 0 Å². The number of rotatable bonds is 5. The lowest BCUT2D eigenvalue weighted by molar-refractivity contribution is 0.827. The van der Waals surface area contributed by atoms with Gasteiger partial charge in [0.15, 0.2) is 0 Å². The van der Waals surface area contributed by atoms with E-state index in [9.17, 15) is 0 Å². The average Bonchev–Trinajstić information content (AvgIpc) is 3.35. The van der Waals surface area contributed by atoms with Crippen LogP contribution in [0.5, 0.6) is 0 Å². The van der Waals surface area contributed by atoms with Crippen LogP contribution in [0.3, 0.4) is 0 Å². The van der Waals surface area contributed by atoms with Crippen LogP contribution in [-0.4, -0.2) is 4.57 Å². The minimum Gasteiger partial charge on any atom is -0.341 e. The van der Waals surface area contributed by atoms with Gasteiger partial charge in [-0.05, 0) is 164 Å². The van der Waals surface area contributed by atoms with E-state index in [-0.39, 0.29) is 0 Å². The molecule has 0 aliphatic heterocycles. The molecule has 0 amide bonds. The second kappa shape index (κ2) is 11.7. The highest BCUT2D eigenvalue weighted by Gasteiger charge is 2.16. The van der Waals surface area contributed by atoms with E-state index in [2.05, 4.69) is 164 Å². The van der Waals surface area contributed by atoms with E-state index in [0.29, 0.717) is 0 Å². The predicted octanol–water partition coefficient (Wildman–Crippen LogP) is 12.9. The fourth-order valence-electron chi connectivity index (χ4n) is 7.85. The number of hydrogen-bond acceptors (Lipinski definition) is 0. The van der Waals surface area contributed by atoms with Crippen molar-refractivity contribution in [3.8, 4) is 44.5 Å². The normalized spacial score (nSPS) is 11.6. The van der Waals surface area contributed by atoms with Crippen LogP contribution in [0.25, 0.3) is 66.3 Å². The Balaban J connectivity index is 1.35. The monoisotopic (exact) mass is 611 g/mol. The van der Waals surface area contributed by atoms with Crippen LogP contribution in [0.2, 0.25) is 0 Å². The molecule has 1 heteroatoms. The van der Waals surface area contributed by atoms with Crippen molar-refractivity contribution in [1.29, 1.82) is 0 Å². The largest absolute Gasteiger partial charge is 0.341 e.